The minimum atomic E-state index is -0.988. The van der Waals surface area contributed by atoms with Gasteiger partial charge in [0, 0.05) is 29.6 Å². The normalized spacial score (nSPS) is 11.2. The molecule has 4 rings (SSSR count). The molecule has 40 heavy (non-hydrogen) atoms. The molecule has 1 aromatic heterocycles. The van der Waals surface area contributed by atoms with Crippen LogP contribution >= 0.6 is 0 Å². The van der Waals surface area contributed by atoms with Crippen molar-refractivity contribution in [3.05, 3.63) is 95.4 Å². The zero-order valence-corrected chi connectivity index (χ0v) is 22.1. The number of para-hydroxylation sites is 2. The predicted molar refractivity (Wildman–Crippen MR) is 152 cm³/mol. The van der Waals surface area contributed by atoms with Crippen molar-refractivity contribution < 1.29 is 33.7 Å². The van der Waals surface area contributed by atoms with Crippen molar-refractivity contribution in [1.82, 2.24) is 4.57 Å². The first kappa shape index (κ1) is 28.4. The Morgan fingerprint density at radius 3 is 2.23 bits per heavy atom. The first-order valence-electron chi connectivity index (χ1n) is 13.2. The van der Waals surface area contributed by atoms with Crippen molar-refractivity contribution >= 4 is 35.0 Å². The highest BCUT2D eigenvalue weighted by molar-refractivity contribution is 5.94. The van der Waals surface area contributed by atoms with E-state index in [1.165, 1.54) is 6.07 Å². The number of carboxylic acid groups (broad SMARTS) is 2. The van der Waals surface area contributed by atoms with Crippen molar-refractivity contribution in [2.24, 2.45) is 0 Å². The van der Waals surface area contributed by atoms with Crippen molar-refractivity contribution in [2.45, 2.75) is 38.6 Å². The van der Waals surface area contributed by atoms with Gasteiger partial charge in [-0.3, -0.25) is 9.59 Å². The Morgan fingerprint density at radius 2 is 1.52 bits per heavy atom. The molecule has 0 saturated carbocycles. The molecule has 0 radical (unpaired) electrons. The lowest BCUT2D eigenvalue weighted by atomic mass is 10.0. The van der Waals surface area contributed by atoms with Crippen LogP contribution < -0.4 is 9.47 Å². The zero-order valence-electron chi connectivity index (χ0n) is 22.1. The van der Waals surface area contributed by atoms with Crippen LogP contribution in [0, 0.1) is 5.82 Å². The Hall–Kier alpha value is -4.59. The van der Waals surface area contributed by atoms with E-state index in [1.807, 2.05) is 48.5 Å². The molecule has 0 amide bonds. The first-order chi connectivity index (χ1) is 19.4. The summed E-state index contributed by atoms with van der Waals surface area (Å²) in [4.78, 5) is 22.4. The fourth-order valence-electron chi connectivity index (χ4n) is 4.51. The van der Waals surface area contributed by atoms with E-state index in [0.717, 1.165) is 35.1 Å². The van der Waals surface area contributed by atoms with Crippen LogP contribution in [0.25, 0.3) is 23.1 Å². The summed E-state index contributed by atoms with van der Waals surface area (Å²) in [5.74, 6) is -1.01. The van der Waals surface area contributed by atoms with Crippen LogP contribution in [0.1, 0.15) is 42.4 Å². The van der Waals surface area contributed by atoms with Crippen molar-refractivity contribution in [3.63, 3.8) is 0 Å². The van der Waals surface area contributed by atoms with Gasteiger partial charge in [0.15, 0.2) is 0 Å². The second-order valence-corrected chi connectivity index (χ2v) is 9.40. The summed E-state index contributed by atoms with van der Waals surface area (Å²) < 4.78 is 27.9. The van der Waals surface area contributed by atoms with Crippen LogP contribution in [-0.2, 0) is 22.6 Å². The number of halogens is 1. The van der Waals surface area contributed by atoms with Gasteiger partial charge in [-0.1, -0.05) is 48.6 Å². The van der Waals surface area contributed by atoms with E-state index < -0.39 is 17.8 Å². The van der Waals surface area contributed by atoms with Crippen molar-refractivity contribution in [2.75, 3.05) is 13.2 Å². The number of aryl methyl sites for hydroxylation is 1. The molecule has 208 valence electrons. The lowest BCUT2D eigenvalue weighted by Crippen LogP contribution is -2.07. The Labute approximate surface area is 232 Å². The summed E-state index contributed by atoms with van der Waals surface area (Å²) in [6.07, 6.45) is 7.75. The third kappa shape index (κ3) is 7.96. The quantitative estimate of drug-likeness (QED) is 0.128. The zero-order chi connectivity index (χ0) is 28.3. The Balaban J connectivity index is 1.40. The highest BCUT2D eigenvalue weighted by Gasteiger charge is 2.14. The molecule has 8 heteroatoms. The first-order valence-corrected chi connectivity index (χ1v) is 13.2. The summed E-state index contributed by atoms with van der Waals surface area (Å²) in [5, 5.41) is 19.2. The summed E-state index contributed by atoms with van der Waals surface area (Å²) >= 11 is 0. The monoisotopic (exact) mass is 545 g/mol. The van der Waals surface area contributed by atoms with E-state index in [2.05, 4.69) is 0 Å². The van der Waals surface area contributed by atoms with Gasteiger partial charge in [-0.25, -0.2) is 4.39 Å². The van der Waals surface area contributed by atoms with Gasteiger partial charge in [-0.05, 0) is 61.1 Å². The number of benzene rings is 3. The highest BCUT2D eigenvalue weighted by atomic mass is 19.1. The molecule has 3 aromatic carbocycles. The topological polar surface area (TPSA) is 98.0 Å². The van der Waals surface area contributed by atoms with E-state index in [0.29, 0.717) is 42.9 Å². The van der Waals surface area contributed by atoms with E-state index in [-0.39, 0.29) is 13.0 Å². The van der Waals surface area contributed by atoms with Gasteiger partial charge in [0.2, 0.25) is 0 Å². The number of nitrogens with zero attached hydrogens (tertiary/aromatic N) is 1. The maximum absolute atomic E-state index is 14.9. The van der Waals surface area contributed by atoms with Gasteiger partial charge in [0.1, 0.15) is 23.9 Å². The summed E-state index contributed by atoms with van der Waals surface area (Å²) in [5.41, 5.74) is 2.70. The molecule has 4 aromatic rings. The average molecular weight is 546 g/mol. The Kier molecular flexibility index (Phi) is 9.93. The van der Waals surface area contributed by atoms with Crippen molar-refractivity contribution in [3.8, 4) is 11.5 Å². The van der Waals surface area contributed by atoms with E-state index in [4.69, 9.17) is 14.6 Å². The molecular weight excluding hydrogens is 513 g/mol. The second kappa shape index (κ2) is 14.0. The van der Waals surface area contributed by atoms with E-state index in [1.54, 1.807) is 35.0 Å². The maximum Gasteiger partial charge on any atom is 0.323 e. The SMILES string of the molecule is O=C(O)CCCc1cn(CC(=O)O)c2c(C=Cc3ccc(OCCCCOc4ccccc4)cc3F)cccc12. The predicted octanol–water partition coefficient (Wildman–Crippen LogP) is 6.68. The third-order valence-corrected chi connectivity index (χ3v) is 6.39. The smallest absolute Gasteiger partial charge is 0.323 e. The largest absolute Gasteiger partial charge is 0.494 e. The number of hydrogen-bond donors (Lipinski definition) is 2. The standard InChI is InChI=1S/C32H32FNO6/c33-29-20-27(40-19-5-4-18-39-26-10-2-1-3-11-26)17-16-23(29)14-15-24-8-6-12-28-25(9-7-13-30(35)36)21-34(32(24)28)22-31(37)38/h1-3,6,8,10-12,14-17,20-21H,4-5,7,9,13,18-19,22H2,(H,35,36)(H,37,38). The lowest BCUT2D eigenvalue weighted by molar-refractivity contribution is -0.138. The number of aromatic nitrogens is 1. The van der Waals surface area contributed by atoms with Crippen LogP contribution in [0.15, 0.2) is 72.9 Å². The van der Waals surface area contributed by atoms with Gasteiger partial charge < -0.3 is 24.3 Å². The minimum Gasteiger partial charge on any atom is -0.494 e. The maximum atomic E-state index is 14.9. The summed E-state index contributed by atoms with van der Waals surface area (Å²) in [7, 11) is 0. The fraction of sp³-hybridized carbons (Fsp3) is 0.250. The molecule has 0 atom stereocenters. The molecule has 0 fully saturated rings. The Bertz CT molecular complexity index is 1480. The summed E-state index contributed by atoms with van der Waals surface area (Å²) in [6.45, 7) is 0.793. The number of rotatable bonds is 15. The van der Waals surface area contributed by atoms with E-state index in [9.17, 15) is 19.1 Å². The molecule has 0 aliphatic rings. The Morgan fingerprint density at radius 1 is 0.800 bits per heavy atom. The molecule has 0 saturated heterocycles. The molecule has 0 unspecified atom stereocenters. The average Bonchev–Trinajstić information content (AvgIpc) is 3.27. The summed E-state index contributed by atoms with van der Waals surface area (Å²) in [6, 6.07) is 19.9. The molecule has 0 aliphatic carbocycles. The number of aliphatic carboxylic acids is 2. The van der Waals surface area contributed by atoms with Crippen molar-refractivity contribution in [1.29, 1.82) is 0 Å². The number of hydrogen-bond acceptors (Lipinski definition) is 4. The highest BCUT2D eigenvalue weighted by Crippen LogP contribution is 2.28. The van der Waals surface area contributed by atoms with Crippen LogP contribution in [0.3, 0.4) is 0 Å². The fourth-order valence-corrected chi connectivity index (χ4v) is 4.51. The molecule has 7 nitrogen and oxygen atoms in total. The number of carboxylic acids is 2. The number of fused-ring (bicyclic) bond motifs is 1. The molecule has 0 bridgehead atoms. The van der Waals surface area contributed by atoms with Gasteiger partial charge in [0.05, 0.1) is 18.7 Å². The van der Waals surface area contributed by atoms with Crippen LogP contribution in [0.5, 0.6) is 11.5 Å². The number of ether oxygens (including phenoxy) is 2. The molecule has 2 N–H and O–H groups in total. The lowest BCUT2D eigenvalue weighted by Gasteiger charge is -2.09. The van der Waals surface area contributed by atoms with Gasteiger partial charge in [-0.15, -0.1) is 0 Å². The van der Waals surface area contributed by atoms with Gasteiger partial charge >= 0.3 is 11.9 Å². The second-order valence-electron chi connectivity index (χ2n) is 9.40. The number of carbonyl (C=O) groups is 2. The molecular formula is C32H32FNO6. The van der Waals surface area contributed by atoms with Crippen LogP contribution in [0.2, 0.25) is 0 Å². The molecule has 0 aliphatic heterocycles. The van der Waals surface area contributed by atoms with E-state index >= 15 is 0 Å². The van der Waals surface area contributed by atoms with Gasteiger partial charge in [-0.2, -0.15) is 0 Å². The molecule has 0 spiro atoms. The number of unbranched alkanes of at least 4 members (excludes halogenated alkanes) is 1. The van der Waals surface area contributed by atoms with Crippen LogP contribution in [-0.4, -0.2) is 39.9 Å². The van der Waals surface area contributed by atoms with Gasteiger partial charge in [0.25, 0.3) is 0 Å². The van der Waals surface area contributed by atoms with Crippen LogP contribution in [0.4, 0.5) is 4.39 Å². The minimum absolute atomic E-state index is 0.0346. The molecule has 1 heterocycles. The third-order valence-electron chi connectivity index (χ3n) is 6.39.